The molecule has 0 saturated heterocycles. The van der Waals surface area contributed by atoms with Crippen LogP contribution in [-0.2, 0) is 9.84 Å². The van der Waals surface area contributed by atoms with Crippen LogP contribution < -0.4 is 0 Å². The van der Waals surface area contributed by atoms with Crippen LogP contribution in [0.25, 0.3) is 5.70 Å². The maximum absolute atomic E-state index is 13.4. The van der Waals surface area contributed by atoms with Crippen LogP contribution in [0, 0.1) is 0 Å². The summed E-state index contributed by atoms with van der Waals surface area (Å²) in [5, 5.41) is 5.13. The summed E-state index contributed by atoms with van der Waals surface area (Å²) >= 11 is 1.41. The van der Waals surface area contributed by atoms with Crippen molar-refractivity contribution in [1.29, 1.82) is 0 Å². The molecule has 0 fully saturated rings. The first kappa shape index (κ1) is 19.9. The SMILES string of the molecule is C=Nc1c(S(=O)(=O)c2ccccc2)c(SCC)nn1C1=C(C)CN(C)CC1. The van der Waals surface area contributed by atoms with Crippen molar-refractivity contribution in [2.45, 2.75) is 35.1 Å². The van der Waals surface area contributed by atoms with Crippen LogP contribution in [0.5, 0.6) is 0 Å². The highest BCUT2D eigenvalue weighted by Crippen LogP contribution is 2.40. The van der Waals surface area contributed by atoms with E-state index in [1.807, 2.05) is 6.92 Å². The van der Waals surface area contributed by atoms with Gasteiger partial charge >= 0.3 is 0 Å². The first-order chi connectivity index (χ1) is 12.9. The van der Waals surface area contributed by atoms with Crippen molar-refractivity contribution in [3.8, 4) is 0 Å². The van der Waals surface area contributed by atoms with E-state index in [0.29, 0.717) is 16.6 Å². The minimum atomic E-state index is -3.75. The second-order valence-corrected chi connectivity index (χ2v) is 9.63. The van der Waals surface area contributed by atoms with Gasteiger partial charge in [-0.3, -0.25) is 0 Å². The Morgan fingerprint density at radius 3 is 2.59 bits per heavy atom. The first-order valence-corrected chi connectivity index (χ1v) is 11.3. The Labute approximate surface area is 164 Å². The van der Waals surface area contributed by atoms with Crippen LogP contribution >= 0.6 is 11.8 Å². The van der Waals surface area contributed by atoms with Gasteiger partial charge in [-0.1, -0.05) is 25.1 Å². The summed E-state index contributed by atoms with van der Waals surface area (Å²) in [6.07, 6.45) is 0.785. The van der Waals surface area contributed by atoms with Gasteiger partial charge in [-0.15, -0.1) is 11.8 Å². The lowest BCUT2D eigenvalue weighted by atomic mass is 10.1. The zero-order valence-electron chi connectivity index (χ0n) is 15.8. The average molecular weight is 405 g/mol. The van der Waals surface area contributed by atoms with E-state index in [9.17, 15) is 8.42 Å². The highest BCUT2D eigenvalue weighted by molar-refractivity contribution is 8.00. The molecule has 2 aromatic rings. The molecule has 0 spiro atoms. The Bertz CT molecular complexity index is 979. The maximum atomic E-state index is 13.4. The quantitative estimate of drug-likeness (QED) is 0.542. The fourth-order valence-electron chi connectivity index (χ4n) is 3.26. The largest absolute Gasteiger partial charge is 0.302 e. The molecule has 0 radical (unpaired) electrons. The van der Waals surface area contributed by atoms with Crippen molar-refractivity contribution in [2.24, 2.45) is 4.99 Å². The number of sulfone groups is 1. The van der Waals surface area contributed by atoms with Gasteiger partial charge < -0.3 is 4.90 Å². The van der Waals surface area contributed by atoms with E-state index in [0.717, 1.165) is 30.8 Å². The number of rotatable bonds is 6. The summed E-state index contributed by atoms with van der Waals surface area (Å²) in [7, 11) is -1.68. The summed E-state index contributed by atoms with van der Waals surface area (Å²) in [4.78, 5) is 6.72. The van der Waals surface area contributed by atoms with Gasteiger partial charge in [0.05, 0.1) is 4.90 Å². The second kappa shape index (κ2) is 8.00. The molecule has 6 nitrogen and oxygen atoms in total. The van der Waals surface area contributed by atoms with Gasteiger partial charge in [0.2, 0.25) is 9.84 Å². The third kappa shape index (κ3) is 3.74. The average Bonchev–Trinajstić information content (AvgIpc) is 3.01. The van der Waals surface area contributed by atoms with Crippen LogP contribution in [-0.4, -0.2) is 55.7 Å². The molecular weight excluding hydrogens is 380 g/mol. The smallest absolute Gasteiger partial charge is 0.213 e. The molecule has 0 aliphatic carbocycles. The zero-order chi connectivity index (χ0) is 19.6. The van der Waals surface area contributed by atoms with Crippen molar-refractivity contribution in [3.63, 3.8) is 0 Å². The Balaban J connectivity index is 2.24. The maximum Gasteiger partial charge on any atom is 0.213 e. The fourth-order valence-corrected chi connectivity index (χ4v) is 5.81. The third-order valence-electron chi connectivity index (χ3n) is 4.53. The highest BCUT2D eigenvalue weighted by atomic mass is 32.2. The van der Waals surface area contributed by atoms with Crippen LogP contribution in [0.1, 0.15) is 20.3 Å². The van der Waals surface area contributed by atoms with Gasteiger partial charge in [0.15, 0.2) is 10.7 Å². The molecule has 144 valence electrons. The molecule has 0 unspecified atom stereocenters. The molecule has 27 heavy (non-hydrogen) atoms. The molecular formula is C19H24N4O2S2. The first-order valence-electron chi connectivity index (χ1n) is 8.80. The molecule has 3 rings (SSSR count). The lowest BCUT2D eigenvalue weighted by molar-refractivity contribution is 0.354. The molecule has 0 atom stereocenters. The van der Waals surface area contributed by atoms with Crippen molar-refractivity contribution in [2.75, 3.05) is 25.9 Å². The van der Waals surface area contributed by atoms with Crippen molar-refractivity contribution >= 4 is 39.8 Å². The van der Waals surface area contributed by atoms with Crippen molar-refractivity contribution in [3.05, 3.63) is 35.9 Å². The van der Waals surface area contributed by atoms with E-state index in [4.69, 9.17) is 0 Å². The lowest BCUT2D eigenvalue weighted by Gasteiger charge is -2.26. The molecule has 0 amide bonds. The van der Waals surface area contributed by atoms with Gasteiger partial charge in [-0.2, -0.15) is 5.10 Å². The van der Waals surface area contributed by atoms with Crippen molar-refractivity contribution < 1.29 is 8.42 Å². The number of aliphatic imine (C=N–C) groups is 1. The number of thioether (sulfide) groups is 1. The van der Waals surface area contributed by atoms with E-state index < -0.39 is 9.84 Å². The number of benzene rings is 1. The van der Waals surface area contributed by atoms with Gasteiger partial charge in [-0.25, -0.2) is 18.1 Å². The number of hydrogen-bond acceptors (Lipinski definition) is 6. The van der Waals surface area contributed by atoms with Gasteiger partial charge in [0.1, 0.15) is 5.03 Å². The monoisotopic (exact) mass is 404 g/mol. The standard InChI is InChI=1S/C19H24N4O2S2/c1-5-26-19-17(27(24,25)15-9-7-6-8-10-15)18(20-3)23(21-19)16-11-12-22(4)13-14(16)2/h6-10H,3,5,11-13H2,1-2,4H3. The number of nitrogens with zero attached hydrogens (tertiary/aromatic N) is 4. The molecule has 1 aromatic heterocycles. The Hall–Kier alpha value is -1.90. The summed E-state index contributed by atoms with van der Waals surface area (Å²) in [5.41, 5.74) is 2.16. The molecule has 0 bridgehead atoms. The van der Waals surface area contributed by atoms with E-state index in [1.165, 1.54) is 11.8 Å². The Morgan fingerprint density at radius 2 is 2.00 bits per heavy atom. The van der Waals surface area contributed by atoms with Gasteiger partial charge in [-0.05, 0) is 44.1 Å². The molecule has 0 N–H and O–H groups in total. The molecule has 0 saturated carbocycles. The van der Waals surface area contributed by atoms with E-state index in [1.54, 1.807) is 35.0 Å². The minimum absolute atomic E-state index is 0.148. The summed E-state index contributed by atoms with van der Waals surface area (Å²) in [5.74, 6) is 1.01. The summed E-state index contributed by atoms with van der Waals surface area (Å²) < 4.78 is 28.4. The lowest BCUT2D eigenvalue weighted by Crippen LogP contribution is -2.28. The van der Waals surface area contributed by atoms with Gasteiger partial charge in [0, 0.05) is 25.2 Å². The van der Waals surface area contributed by atoms with E-state index in [-0.39, 0.29) is 9.79 Å². The van der Waals surface area contributed by atoms with Crippen LogP contribution in [0.2, 0.25) is 0 Å². The second-order valence-electron chi connectivity index (χ2n) is 6.49. The highest BCUT2D eigenvalue weighted by Gasteiger charge is 2.32. The predicted molar refractivity (Wildman–Crippen MR) is 111 cm³/mol. The van der Waals surface area contributed by atoms with Crippen LogP contribution in [0.15, 0.2) is 55.7 Å². The van der Waals surface area contributed by atoms with Crippen LogP contribution in [0.3, 0.4) is 0 Å². The number of aromatic nitrogens is 2. The van der Waals surface area contributed by atoms with Gasteiger partial charge in [0.25, 0.3) is 0 Å². The fraction of sp³-hybridized carbons (Fsp3) is 0.368. The number of hydrogen-bond donors (Lipinski definition) is 0. The molecule has 1 aromatic carbocycles. The molecule has 1 aliphatic heterocycles. The molecule has 8 heteroatoms. The molecule has 2 heterocycles. The summed E-state index contributed by atoms with van der Waals surface area (Å²) in [6.45, 7) is 9.39. The van der Waals surface area contributed by atoms with Crippen molar-refractivity contribution in [1.82, 2.24) is 14.7 Å². The Kier molecular flexibility index (Phi) is 5.88. The van der Waals surface area contributed by atoms with E-state index >= 15 is 0 Å². The Morgan fingerprint density at radius 1 is 1.30 bits per heavy atom. The predicted octanol–water partition coefficient (Wildman–Crippen LogP) is 3.73. The van der Waals surface area contributed by atoms with Crippen LogP contribution in [0.4, 0.5) is 5.82 Å². The van der Waals surface area contributed by atoms with E-state index in [2.05, 4.69) is 35.7 Å². The summed E-state index contributed by atoms with van der Waals surface area (Å²) in [6, 6.07) is 8.42. The normalized spacial score (nSPS) is 16.0. The molecule has 1 aliphatic rings. The zero-order valence-corrected chi connectivity index (χ0v) is 17.5. The minimum Gasteiger partial charge on any atom is -0.302 e. The third-order valence-corrected chi connectivity index (χ3v) is 7.31. The topological polar surface area (TPSA) is 67.6 Å². The number of likely N-dealkylation sites (N-methyl/N-ethyl adjacent to an activating group) is 1.